The molecule has 136 valence electrons. The molecule has 0 saturated heterocycles. The van der Waals surface area contributed by atoms with Gasteiger partial charge in [-0.3, -0.25) is 0 Å². The van der Waals surface area contributed by atoms with E-state index in [1.807, 2.05) is 18.2 Å². The average Bonchev–Trinajstić information content (AvgIpc) is 3.07. The summed E-state index contributed by atoms with van der Waals surface area (Å²) in [5, 5.41) is 3.49. The van der Waals surface area contributed by atoms with Crippen molar-refractivity contribution in [3.63, 3.8) is 0 Å². The number of halogens is 3. The maximum Gasteiger partial charge on any atom is 0.431 e. The molecule has 5 nitrogen and oxygen atoms in total. The van der Waals surface area contributed by atoms with E-state index in [0.717, 1.165) is 24.7 Å². The van der Waals surface area contributed by atoms with Crippen LogP contribution in [-0.4, -0.2) is 28.1 Å². The van der Waals surface area contributed by atoms with Crippen LogP contribution in [0.5, 0.6) is 5.75 Å². The van der Waals surface area contributed by atoms with Crippen molar-refractivity contribution in [2.24, 2.45) is 0 Å². The maximum absolute atomic E-state index is 12.9. The molecule has 3 aromatic rings. The van der Waals surface area contributed by atoms with Crippen LogP contribution in [0.1, 0.15) is 30.0 Å². The van der Waals surface area contributed by atoms with Gasteiger partial charge in [0, 0.05) is 6.54 Å². The molecule has 1 atom stereocenters. The molecule has 1 aliphatic rings. The van der Waals surface area contributed by atoms with Gasteiger partial charge in [-0.05, 0) is 36.5 Å². The number of ether oxygens (including phenoxy) is 1. The minimum absolute atomic E-state index is 0.172. The Morgan fingerprint density at radius 3 is 2.92 bits per heavy atom. The topological polar surface area (TPSA) is 62.8 Å². The highest BCUT2D eigenvalue weighted by atomic mass is 19.4. The molecule has 0 fully saturated rings. The lowest BCUT2D eigenvalue weighted by Gasteiger charge is -2.26. The zero-order valence-electron chi connectivity index (χ0n) is 13.8. The molecule has 0 amide bonds. The van der Waals surface area contributed by atoms with Crippen LogP contribution in [-0.2, 0) is 6.18 Å². The zero-order valence-corrected chi connectivity index (χ0v) is 13.8. The third kappa shape index (κ3) is 3.18. The quantitative estimate of drug-likeness (QED) is 0.725. The summed E-state index contributed by atoms with van der Waals surface area (Å²) in [6.45, 7) is 1.27. The number of aromatic nitrogens is 3. The Labute approximate surface area is 147 Å². The molecule has 8 heteroatoms. The summed E-state index contributed by atoms with van der Waals surface area (Å²) in [5.41, 5.74) is 0.523. The van der Waals surface area contributed by atoms with Crippen LogP contribution in [0.2, 0.25) is 0 Å². The van der Waals surface area contributed by atoms with E-state index in [9.17, 15) is 13.2 Å². The Kier molecular flexibility index (Phi) is 4.18. The zero-order chi connectivity index (χ0) is 18.1. The highest BCUT2D eigenvalue weighted by Gasteiger charge is 2.33. The molecule has 0 saturated carbocycles. The van der Waals surface area contributed by atoms with Gasteiger partial charge in [-0.1, -0.05) is 18.2 Å². The summed E-state index contributed by atoms with van der Waals surface area (Å²) in [4.78, 5) is 10.3. The maximum atomic E-state index is 12.9. The van der Waals surface area contributed by atoms with Gasteiger partial charge >= 0.3 is 6.18 Å². The minimum atomic E-state index is -4.44. The molecule has 0 spiro atoms. The Balaban J connectivity index is 1.48. The Bertz CT molecular complexity index is 922. The number of fused-ring (bicyclic) bond motifs is 2. The van der Waals surface area contributed by atoms with Gasteiger partial charge in [0.25, 0.3) is 0 Å². The molecular weight excluding hydrogens is 345 g/mol. The third-order valence-corrected chi connectivity index (χ3v) is 4.60. The number of nitrogens with zero attached hydrogens (tertiary/aromatic N) is 2. The summed E-state index contributed by atoms with van der Waals surface area (Å²) >= 11 is 0. The van der Waals surface area contributed by atoms with Crippen LogP contribution in [0, 0.1) is 0 Å². The summed E-state index contributed by atoms with van der Waals surface area (Å²) in [7, 11) is 0. The van der Waals surface area contributed by atoms with Gasteiger partial charge in [0.1, 0.15) is 29.2 Å². The fraction of sp³-hybridized carbons (Fsp3) is 0.333. The lowest BCUT2D eigenvalue weighted by molar-refractivity contribution is -0.140. The van der Waals surface area contributed by atoms with Gasteiger partial charge in [0.15, 0.2) is 0 Å². The molecule has 26 heavy (non-hydrogen) atoms. The summed E-state index contributed by atoms with van der Waals surface area (Å²) in [6.07, 6.45) is -1.43. The number of aromatic amines is 1. The fourth-order valence-corrected chi connectivity index (χ4v) is 3.31. The van der Waals surface area contributed by atoms with E-state index >= 15 is 0 Å². The van der Waals surface area contributed by atoms with Gasteiger partial charge < -0.3 is 15.0 Å². The number of alkyl halides is 3. The number of para-hydroxylation sites is 1. The van der Waals surface area contributed by atoms with Gasteiger partial charge in [-0.15, -0.1) is 0 Å². The van der Waals surface area contributed by atoms with E-state index < -0.39 is 11.9 Å². The molecule has 0 aliphatic carbocycles. The second-order valence-electron chi connectivity index (χ2n) is 6.25. The second kappa shape index (κ2) is 6.51. The smallest absolute Gasteiger partial charge is 0.431 e. The van der Waals surface area contributed by atoms with Crippen LogP contribution in [0.4, 0.5) is 19.0 Å². The van der Waals surface area contributed by atoms with Crippen LogP contribution < -0.4 is 10.1 Å². The third-order valence-electron chi connectivity index (χ3n) is 4.60. The van der Waals surface area contributed by atoms with Gasteiger partial charge in [-0.25, -0.2) is 9.97 Å². The van der Waals surface area contributed by atoms with Gasteiger partial charge in [-0.2, -0.15) is 13.2 Å². The summed E-state index contributed by atoms with van der Waals surface area (Å²) in [6, 6.07) is 8.99. The molecule has 2 aromatic heterocycles. The van der Waals surface area contributed by atoms with Gasteiger partial charge in [0.05, 0.1) is 12.0 Å². The number of benzene rings is 1. The normalized spacial score (nSPS) is 17.0. The molecule has 4 rings (SSSR count). The molecule has 0 radical (unpaired) electrons. The van der Waals surface area contributed by atoms with E-state index in [4.69, 9.17) is 4.74 Å². The SMILES string of the molecule is FC(F)(F)c1cc2c(NCCC3CCOc4ccccc43)ncnc2[nH]1. The molecule has 1 aliphatic heterocycles. The van der Waals surface area contributed by atoms with Crippen molar-refractivity contribution in [3.05, 3.63) is 47.9 Å². The van der Waals surface area contributed by atoms with Crippen LogP contribution in [0.15, 0.2) is 36.7 Å². The van der Waals surface area contributed by atoms with E-state index in [-0.39, 0.29) is 5.65 Å². The molecule has 3 heterocycles. The van der Waals surface area contributed by atoms with Crippen molar-refractivity contribution >= 4 is 16.9 Å². The first-order valence-electron chi connectivity index (χ1n) is 8.39. The van der Waals surface area contributed by atoms with Gasteiger partial charge in [0.2, 0.25) is 0 Å². The molecule has 0 bridgehead atoms. The number of hydrogen-bond donors (Lipinski definition) is 2. The number of hydrogen-bond acceptors (Lipinski definition) is 4. The van der Waals surface area contributed by atoms with Crippen molar-refractivity contribution in [1.82, 2.24) is 15.0 Å². The summed E-state index contributed by atoms with van der Waals surface area (Å²) < 4.78 is 44.3. The predicted molar refractivity (Wildman–Crippen MR) is 91.3 cm³/mol. The number of rotatable bonds is 4. The van der Waals surface area contributed by atoms with Crippen LogP contribution in [0.25, 0.3) is 11.0 Å². The monoisotopic (exact) mass is 362 g/mol. The first-order chi connectivity index (χ1) is 12.5. The van der Waals surface area contributed by atoms with Crippen molar-refractivity contribution in [2.75, 3.05) is 18.5 Å². The second-order valence-corrected chi connectivity index (χ2v) is 6.25. The Morgan fingerprint density at radius 2 is 2.08 bits per heavy atom. The van der Waals surface area contributed by atoms with Crippen molar-refractivity contribution in [2.45, 2.75) is 24.9 Å². The van der Waals surface area contributed by atoms with E-state index in [1.54, 1.807) is 0 Å². The molecule has 2 N–H and O–H groups in total. The highest BCUT2D eigenvalue weighted by molar-refractivity contribution is 5.87. The van der Waals surface area contributed by atoms with Crippen LogP contribution in [0.3, 0.4) is 0 Å². The summed E-state index contributed by atoms with van der Waals surface area (Å²) in [5.74, 6) is 1.66. The Hall–Kier alpha value is -2.77. The van der Waals surface area contributed by atoms with Crippen molar-refractivity contribution in [1.29, 1.82) is 0 Å². The average molecular weight is 362 g/mol. The highest BCUT2D eigenvalue weighted by Crippen LogP contribution is 2.36. The lowest BCUT2D eigenvalue weighted by atomic mass is 9.90. The largest absolute Gasteiger partial charge is 0.493 e. The fourth-order valence-electron chi connectivity index (χ4n) is 3.31. The number of H-pyrrole nitrogens is 1. The Morgan fingerprint density at radius 1 is 1.23 bits per heavy atom. The standard InChI is InChI=1S/C18H17F3N4O/c19-18(20,21)15-9-13-16(23-10-24-17(13)25-15)22-7-5-11-6-8-26-14-4-2-1-3-12(11)14/h1-4,9-11H,5-8H2,(H2,22,23,24,25). The predicted octanol–water partition coefficient (Wildman–Crippen LogP) is 4.35. The van der Waals surface area contributed by atoms with E-state index in [1.165, 1.54) is 11.9 Å². The molecule has 1 aromatic carbocycles. The first-order valence-corrected chi connectivity index (χ1v) is 8.39. The number of nitrogens with one attached hydrogen (secondary N) is 2. The minimum Gasteiger partial charge on any atom is -0.493 e. The van der Waals surface area contributed by atoms with Crippen LogP contribution >= 0.6 is 0 Å². The van der Waals surface area contributed by atoms with Crippen molar-refractivity contribution < 1.29 is 17.9 Å². The van der Waals surface area contributed by atoms with E-state index in [0.29, 0.717) is 30.3 Å². The molecule has 1 unspecified atom stereocenters. The number of anilines is 1. The molecular formula is C18H17F3N4O. The lowest BCUT2D eigenvalue weighted by Crippen LogP contribution is -2.17. The first kappa shape index (κ1) is 16.7. The van der Waals surface area contributed by atoms with E-state index in [2.05, 4.69) is 26.3 Å². The van der Waals surface area contributed by atoms with Crippen molar-refractivity contribution in [3.8, 4) is 5.75 Å².